The van der Waals surface area contributed by atoms with Gasteiger partial charge in [-0.25, -0.2) is 0 Å². The Kier molecular flexibility index (Phi) is 3.56. The Morgan fingerprint density at radius 1 is 1.53 bits per heavy atom. The number of H-pyrrole nitrogens is 1. The van der Waals surface area contributed by atoms with E-state index in [1.807, 2.05) is 13.1 Å². The molecule has 2 aromatic heterocycles. The average Bonchev–Trinajstić information content (AvgIpc) is 2.77. The summed E-state index contributed by atoms with van der Waals surface area (Å²) in [6.07, 6.45) is 1.87. The van der Waals surface area contributed by atoms with E-state index in [2.05, 4.69) is 42.9 Å². The number of hydrogen-bond acceptors (Lipinski definition) is 3. The second kappa shape index (κ2) is 4.92. The lowest BCUT2D eigenvalue weighted by Crippen LogP contribution is -2.11. The van der Waals surface area contributed by atoms with Crippen molar-refractivity contribution in [3.05, 3.63) is 38.3 Å². The minimum absolute atomic E-state index is 0.859. The number of aromatic nitrogens is 2. The van der Waals surface area contributed by atoms with Gasteiger partial charge in [0.25, 0.3) is 0 Å². The van der Waals surface area contributed by atoms with Crippen molar-refractivity contribution in [1.29, 1.82) is 0 Å². The minimum Gasteiger partial charge on any atom is -0.308 e. The Hall–Kier alpha value is -0.650. The summed E-state index contributed by atoms with van der Waals surface area (Å²) in [4.78, 5) is 1.34. The SMILES string of the molecule is Cc1[nH]ncc1CNCc1cc(Br)cs1. The fraction of sp³-hybridized carbons (Fsp3) is 0.300. The molecule has 0 radical (unpaired) electrons. The lowest BCUT2D eigenvalue weighted by molar-refractivity contribution is 0.698. The van der Waals surface area contributed by atoms with Gasteiger partial charge in [-0.05, 0) is 28.9 Å². The Labute approximate surface area is 101 Å². The van der Waals surface area contributed by atoms with Gasteiger partial charge in [0, 0.05) is 39.1 Å². The molecule has 0 unspecified atom stereocenters. The van der Waals surface area contributed by atoms with Gasteiger partial charge in [-0.3, -0.25) is 5.10 Å². The number of halogens is 1. The molecule has 0 saturated heterocycles. The monoisotopic (exact) mass is 285 g/mol. The molecule has 15 heavy (non-hydrogen) atoms. The van der Waals surface area contributed by atoms with Crippen LogP contribution in [0, 0.1) is 6.92 Å². The highest BCUT2D eigenvalue weighted by Gasteiger charge is 2.00. The van der Waals surface area contributed by atoms with Crippen LogP contribution < -0.4 is 5.32 Å². The quantitative estimate of drug-likeness (QED) is 0.907. The summed E-state index contributed by atoms with van der Waals surface area (Å²) in [5.41, 5.74) is 2.36. The van der Waals surface area contributed by atoms with E-state index in [1.54, 1.807) is 11.3 Å². The van der Waals surface area contributed by atoms with Crippen LogP contribution in [-0.2, 0) is 13.1 Å². The zero-order valence-electron chi connectivity index (χ0n) is 8.38. The first-order valence-corrected chi connectivity index (χ1v) is 6.35. The van der Waals surface area contributed by atoms with E-state index in [9.17, 15) is 0 Å². The first kappa shape index (κ1) is 10.9. The molecule has 0 atom stereocenters. The smallest absolute Gasteiger partial charge is 0.0535 e. The molecule has 0 amide bonds. The fourth-order valence-electron chi connectivity index (χ4n) is 1.32. The second-order valence-electron chi connectivity index (χ2n) is 3.36. The Morgan fingerprint density at radius 3 is 3.00 bits per heavy atom. The Bertz CT molecular complexity index is 435. The molecule has 0 aromatic carbocycles. The first-order chi connectivity index (χ1) is 7.25. The van der Waals surface area contributed by atoms with Crippen molar-refractivity contribution in [2.45, 2.75) is 20.0 Å². The summed E-state index contributed by atoms with van der Waals surface area (Å²) < 4.78 is 1.16. The predicted octanol–water partition coefficient (Wildman–Crippen LogP) is 2.83. The van der Waals surface area contributed by atoms with Crippen LogP contribution >= 0.6 is 27.3 Å². The molecule has 2 rings (SSSR count). The summed E-state index contributed by atoms with van der Waals surface area (Å²) in [5.74, 6) is 0. The second-order valence-corrected chi connectivity index (χ2v) is 5.27. The highest BCUT2D eigenvalue weighted by atomic mass is 79.9. The summed E-state index contributed by atoms with van der Waals surface area (Å²) in [6.45, 7) is 3.80. The molecule has 0 fully saturated rings. The van der Waals surface area contributed by atoms with Gasteiger partial charge in [0.1, 0.15) is 0 Å². The highest BCUT2D eigenvalue weighted by Crippen LogP contribution is 2.19. The number of thiophene rings is 1. The molecule has 0 bridgehead atoms. The van der Waals surface area contributed by atoms with Crippen LogP contribution in [0.25, 0.3) is 0 Å². The summed E-state index contributed by atoms with van der Waals surface area (Å²) >= 11 is 5.20. The van der Waals surface area contributed by atoms with Crippen LogP contribution in [0.5, 0.6) is 0 Å². The lowest BCUT2D eigenvalue weighted by atomic mass is 10.2. The third-order valence-corrected chi connectivity index (χ3v) is 3.87. The zero-order chi connectivity index (χ0) is 10.7. The molecule has 0 aliphatic rings. The maximum Gasteiger partial charge on any atom is 0.0535 e. The van der Waals surface area contributed by atoms with Crippen LogP contribution in [0.2, 0.25) is 0 Å². The Morgan fingerprint density at radius 2 is 2.40 bits per heavy atom. The predicted molar refractivity (Wildman–Crippen MR) is 65.9 cm³/mol. The molecule has 0 spiro atoms. The van der Waals surface area contributed by atoms with Gasteiger partial charge in [0.15, 0.2) is 0 Å². The van der Waals surface area contributed by atoms with Gasteiger partial charge < -0.3 is 5.32 Å². The van der Waals surface area contributed by atoms with E-state index in [-0.39, 0.29) is 0 Å². The summed E-state index contributed by atoms with van der Waals surface area (Å²) in [5, 5.41) is 12.4. The minimum atomic E-state index is 0.859. The van der Waals surface area contributed by atoms with Gasteiger partial charge in [-0.15, -0.1) is 11.3 Å². The number of aromatic amines is 1. The van der Waals surface area contributed by atoms with Crippen molar-refractivity contribution >= 4 is 27.3 Å². The Balaban J connectivity index is 1.83. The molecule has 0 aliphatic heterocycles. The van der Waals surface area contributed by atoms with Crippen molar-refractivity contribution < 1.29 is 0 Å². The molecule has 80 valence electrons. The van der Waals surface area contributed by atoms with E-state index < -0.39 is 0 Å². The maximum absolute atomic E-state index is 3.98. The molecular weight excluding hydrogens is 274 g/mol. The summed E-state index contributed by atoms with van der Waals surface area (Å²) in [7, 11) is 0. The topological polar surface area (TPSA) is 40.7 Å². The van der Waals surface area contributed by atoms with E-state index in [4.69, 9.17) is 0 Å². The third kappa shape index (κ3) is 2.90. The number of rotatable bonds is 4. The standard InChI is InChI=1S/C10H12BrN3S/c1-7-8(4-13-14-7)3-12-5-10-2-9(11)6-15-10/h2,4,6,12H,3,5H2,1H3,(H,13,14). The van der Waals surface area contributed by atoms with E-state index >= 15 is 0 Å². The van der Waals surface area contributed by atoms with E-state index in [1.165, 1.54) is 10.4 Å². The van der Waals surface area contributed by atoms with Crippen molar-refractivity contribution in [3.63, 3.8) is 0 Å². The van der Waals surface area contributed by atoms with E-state index in [0.29, 0.717) is 0 Å². The normalized spacial score (nSPS) is 10.8. The van der Waals surface area contributed by atoms with E-state index in [0.717, 1.165) is 23.3 Å². The van der Waals surface area contributed by atoms with Crippen molar-refractivity contribution in [1.82, 2.24) is 15.5 Å². The number of aryl methyl sites for hydroxylation is 1. The molecule has 2 N–H and O–H groups in total. The third-order valence-electron chi connectivity index (χ3n) is 2.17. The van der Waals surface area contributed by atoms with Gasteiger partial charge in [0.05, 0.1) is 6.20 Å². The first-order valence-electron chi connectivity index (χ1n) is 4.68. The average molecular weight is 286 g/mol. The van der Waals surface area contributed by atoms with Crippen LogP contribution in [0.4, 0.5) is 0 Å². The molecular formula is C10H12BrN3S. The highest BCUT2D eigenvalue weighted by molar-refractivity contribution is 9.10. The molecule has 2 heterocycles. The maximum atomic E-state index is 3.98. The fourth-order valence-corrected chi connectivity index (χ4v) is 2.74. The van der Waals surface area contributed by atoms with Crippen molar-refractivity contribution in [2.24, 2.45) is 0 Å². The van der Waals surface area contributed by atoms with Crippen LogP contribution in [-0.4, -0.2) is 10.2 Å². The van der Waals surface area contributed by atoms with Gasteiger partial charge in [-0.1, -0.05) is 0 Å². The van der Waals surface area contributed by atoms with Crippen molar-refractivity contribution in [3.8, 4) is 0 Å². The molecule has 0 aliphatic carbocycles. The lowest BCUT2D eigenvalue weighted by Gasteiger charge is -2.01. The van der Waals surface area contributed by atoms with Crippen LogP contribution in [0.15, 0.2) is 22.1 Å². The number of nitrogens with one attached hydrogen (secondary N) is 2. The van der Waals surface area contributed by atoms with Gasteiger partial charge in [-0.2, -0.15) is 5.10 Å². The van der Waals surface area contributed by atoms with Gasteiger partial charge in [0.2, 0.25) is 0 Å². The largest absolute Gasteiger partial charge is 0.308 e. The zero-order valence-corrected chi connectivity index (χ0v) is 10.8. The van der Waals surface area contributed by atoms with Crippen molar-refractivity contribution in [2.75, 3.05) is 0 Å². The van der Waals surface area contributed by atoms with Crippen LogP contribution in [0.3, 0.4) is 0 Å². The molecule has 2 aromatic rings. The van der Waals surface area contributed by atoms with Gasteiger partial charge >= 0.3 is 0 Å². The molecule has 0 saturated carbocycles. The van der Waals surface area contributed by atoms with Crippen LogP contribution in [0.1, 0.15) is 16.1 Å². The molecule has 5 heteroatoms. The number of hydrogen-bond donors (Lipinski definition) is 2. The summed E-state index contributed by atoms with van der Waals surface area (Å²) in [6, 6.07) is 2.14. The molecule has 3 nitrogen and oxygen atoms in total. The number of nitrogens with zero attached hydrogens (tertiary/aromatic N) is 1.